The van der Waals surface area contributed by atoms with E-state index in [0.717, 1.165) is 0 Å². The molecular weight excluding hydrogens is 429 g/mol. The Morgan fingerprint density at radius 1 is 0.571 bits per heavy atom. The van der Waals surface area contributed by atoms with Gasteiger partial charge in [0.05, 0.1) is 49.2 Å². The Labute approximate surface area is 177 Å². The zero-order valence-corrected chi connectivity index (χ0v) is 18.4. The summed E-state index contributed by atoms with van der Waals surface area (Å²) < 4.78 is 17.2. The number of halogens is 3. The van der Waals surface area contributed by atoms with Crippen molar-refractivity contribution in [3.05, 3.63) is 49.2 Å². The van der Waals surface area contributed by atoms with Crippen LogP contribution >= 0.6 is 34.8 Å². The lowest BCUT2D eigenvalue weighted by molar-refractivity contribution is 0.0351. The SMILES string of the molecule is Cc1nn(OB(On2nc(C)c(Cl)c2C)On2nc(C)c(Cl)c2C)c(C)c1Cl. The van der Waals surface area contributed by atoms with E-state index in [9.17, 15) is 0 Å². The summed E-state index contributed by atoms with van der Waals surface area (Å²) in [4.78, 5) is 3.63. The molecule has 3 aromatic rings. The minimum Gasteiger partial charge on any atom is -0.380 e. The zero-order chi connectivity index (χ0) is 20.7. The van der Waals surface area contributed by atoms with E-state index in [2.05, 4.69) is 15.3 Å². The molecule has 0 saturated carbocycles. The van der Waals surface area contributed by atoms with Crippen LogP contribution in [0, 0.1) is 41.5 Å². The van der Waals surface area contributed by atoms with Gasteiger partial charge in [0.25, 0.3) is 0 Å². The monoisotopic (exact) mass is 446 g/mol. The predicted molar refractivity (Wildman–Crippen MR) is 106 cm³/mol. The van der Waals surface area contributed by atoms with E-state index >= 15 is 0 Å². The molecule has 0 aliphatic rings. The first-order chi connectivity index (χ1) is 13.1. The molecule has 13 heteroatoms. The Bertz CT molecular complexity index is 902. The second-order valence-electron chi connectivity index (χ2n) is 6.18. The molecule has 0 amide bonds. The van der Waals surface area contributed by atoms with Crippen LogP contribution in [-0.4, -0.2) is 37.2 Å². The summed E-state index contributed by atoms with van der Waals surface area (Å²) in [6.07, 6.45) is 0. The Kier molecular flexibility index (Phi) is 5.74. The summed E-state index contributed by atoms with van der Waals surface area (Å²) in [5, 5.41) is 14.1. The van der Waals surface area contributed by atoms with Crippen molar-refractivity contribution in [3.8, 4) is 0 Å². The molecule has 0 fully saturated rings. The van der Waals surface area contributed by atoms with E-state index in [4.69, 9.17) is 49.1 Å². The number of rotatable bonds is 6. The van der Waals surface area contributed by atoms with Gasteiger partial charge in [-0.15, -0.1) is 29.8 Å². The lowest BCUT2D eigenvalue weighted by atomic mass is 10.3. The minimum atomic E-state index is -1.34. The molecule has 0 bridgehead atoms. The molecule has 3 rings (SSSR count). The van der Waals surface area contributed by atoms with Gasteiger partial charge in [-0.25, -0.2) is 0 Å². The molecule has 3 heterocycles. The maximum absolute atomic E-state index is 6.19. The fraction of sp³-hybridized carbons (Fsp3) is 0.400. The van der Waals surface area contributed by atoms with Gasteiger partial charge in [-0.3, -0.25) is 0 Å². The van der Waals surface area contributed by atoms with E-state index < -0.39 is 7.32 Å². The maximum Gasteiger partial charge on any atom is 0.929 e. The van der Waals surface area contributed by atoms with E-state index in [1.165, 1.54) is 14.5 Å². The number of aromatic nitrogens is 6. The van der Waals surface area contributed by atoms with Crippen LogP contribution in [-0.2, 0) is 0 Å². The molecule has 0 saturated heterocycles. The van der Waals surface area contributed by atoms with Crippen LogP contribution in [0.3, 0.4) is 0 Å². The van der Waals surface area contributed by atoms with Crippen LogP contribution in [0.25, 0.3) is 0 Å². The average Bonchev–Trinajstić information content (AvgIpc) is 3.14. The molecule has 0 atom stereocenters. The van der Waals surface area contributed by atoms with Gasteiger partial charge in [0, 0.05) is 0 Å². The second-order valence-corrected chi connectivity index (χ2v) is 7.31. The van der Waals surface area contributed by atoms with Crippen molar-refractivity contribution in [2.45, 2.75) is 41.5 Å². The maximum atomic E-state index is 6.19. The van der Waals surface area contributed by atoms with Gasteiger partial charge in [0.1, 0.15) is 0 Å². The smallest absolute Gasteiger partial charge is 0.380 e. The van der Waals surface area contributed by atoms with E-state index in [1.807, 2.05) is 0 Å². The first-order valence-electron chi connectivity index (χ1n) is 8.26. The molecule has 0 aliphatic carbocycles. The van der Waals surface area contributed by atoms with Crippen LogP contribution in [0.15, 0.2) is 0 Å². The fourth-order valence-electron chi connectivity index (χ4n) is 2.41. The van der Waals surface area contributed by atoms with Crippen LogP contribution in [0.1, 0.15) is 34.2 Å². The van der Waals surface area contributed by atoms with Gasteiger partial charge in [0.2, 0.25) is 0 Å². The van der Waals surface area contributed by atoms with Crippen molar-refractivity contribution in [1.29, 1.82) is 0 Å². The Morgan fingerprint density at radius 2 is 0.821 bits per heavy atom. The van der Waals surface area contributed by atoms with Gasteiger partial charge in [0.15, 0.2) is 0 Å². The Balaban J connectivity index is 1.93. The number of hydrogen-bond acceptors (Lipinski definition) is 6. The normalized spacial score (nSPS) is 11.0. The van der Waals surface area contributed by atoms with Crippen LogP contribution in [0.5, 0.6) is 0 Å². The largest absolute Gasteiger partial charge is 0.929 e. The summed E-state index contributed by atoms with van der Waals surface area (Å²) >= 11 is 18.6. The molecule has 0 aromatic carbocycles. The standard InChI is InChI=1S/C15H18BCl3N6O3/c1-7-13(17)10(4)23(20-7)26-16(27-24-11(5)14(18)8(2)21-24)28-25-12(6)15(19)9(3)22-25/h1-6H3. The van der Waals surface area contributed by atoms with Gasteiger partial charge in [-0.05, 0) is 41.5 Å². The van der Waals surface area contributed by atoms with Crippen LogP contribution in [0.2, 0.25) is 15.1 Å². The highest BCUT2D eigenvalue weighted by molar-refractivity contribution is 6.37. The van der Waals surface area contributed by atoms with Crippen molar-refractivity contribution >= 4 is 42.1 Å². The molecule has 150 valence electrons. The molecule has 9 nitrogen and oxygen atoms in total. The Morgan fingerprint density at radius 3 is 1.00 bits per heavy atom. The lowest BCUT2D eigenvalue weighted by Gasteiger charge is -2.16. The molecular formula is C15H18BCl3N6O3. The van der Waals surface area contributed by atoms with Gasteiger partial charge in [-0.1, -0.05) is 34.8 Å². The Hall–Kier alpha value is -2.04. The highest BCUT2D eigenvalue weighted by Crippen LogP contribution is 2.20. The van der Waals surface area contributed by atoms with Crippen molar-refractivity contribution in [3.63, 3.8) is 0 Å². The summed E-state index contributed by atoms with van der Waals surface area (Å²) in [6, 6.07) is 0. The molecule has 0 N–H and O–H groups in total. The fourth-order valence-corrected chi connectivity index (χ4v) is 2.74. The van der Waals surface area contributed by atoms with Crippen LogP contribution in [0.4, 0.5) is 0 Å². The molecule has 0 spiro atoms. The van der Waals surface area contributed by atoms with Crippen molar-refractivity contribution < 1.29 is 14.3 Å². The quantitative estimate of drug-likeness (QED) is 0.541. The average molecular weight is 448 g/mol. The molecule has 0 aliphatic heterocycles. The van der Waals surface area contributed by atoms with Crippen LogP contribution < -0.4 is 14.3 Å². The van der Waals surface area contributed by atoms with Crippen molar-refractivity contribution in [1.82, 2.24) is 29.8 Å². The molecule has 28 heavy (non-hydrogen) atoms. The van der Waals surface area contributed by atoms with E-state index in [-0.39, 0.29) is 0 Å². The van der Waals surface area contributed by atoms with E-state index in [0.29, 0.717) is 49.2 Å². The topological polar surface area (TPSA) is 81.1 Å². The highest BCUT2D eigenvalue weighted by atomic mass is 35.5. The number of aryl methyl sites for hydroxylation is 3. The predicted octanol–water partition coefficient (Wildman–Crippen LogP) is 2.76. The summed E-state index contributed by atoms with van der Waals surface area (Å²) in [5.74, 6) is 0. The summed E-state index contributed by atoms with van der Waals surface area (Å²) in [5.41, 5.74) is 3.53. The molecule has 0 unspecified atom stereocenters. The zero-order valence-electron chi connectivity index (χ0n) is 16.1. The third kappa shape index (κ3) is 3.76. The third-order valence-electron chi connectivity index (χ3n) is 4.05. The summed E-state index contributed by atoms with van der Waals surface area (Å²) in [6.45, 7) is 10.5. The van der Waals surface area contributed by atoms with Crippen molar-refractivity contribution in [2.24, 2.45) is 0 Å². The first kappa shape index (κ1) is 20.7. The number of nitrogens with zero attached hydrogens (tertiary/aromatic N) is 6. The van der Waals surface area contributed by atoms with Crippen molar-refractivity contribution in [2.75, 3.05) is 0 Å². The van der Waals surface area contributed by atoms with Gasteiger partial charge in [-0.2, -0.15) is 0 Å². The van der Waals surface area contributed by atoms with E-state index in [1.54, 1.807) is 41.5 Å². The minimum absolute atomic E-state index is 0.474. The number of hydrogen-bond donors (Lipinski definition) is 0. The lowest BCUT2D eigenvalue weighted by Crippen LogP contribution is -2.50. The third-order valence-corrected chi connectivity index (χ3v) is 5.69. The van der Waals surface area contributed by atoms with Gasteiger partial charge < -0.3 is 14.3 Å². The second kappa shape index (κ2) is 7.77. The van der Waals surface area contributed by atoms with Gasteiger partial charge >= 0.3 is 7.32 Å². The first-order valence-corrected chi connectivity index (χ1v) is 9.40. The molecule has 0 radical (unpaired) electrons. The molecule has 3 aromatic heterocycles. The highest BCUT2D eigenvalue weighted by Gasteiger charge is 2.37. The summed E-state index contributed by atoms with van der Waals surface area (Å²) in [7, 11) is -1.34.